The first-order valence-electron chi connectivity index (χ1n) is 6.45. The topological polar surface area (TPSA) is 79.2 Å². The molecule has 0 amide bonds. The van der Waals surface area contributed by atoms with Crippen molar-refractivity contribution < 1.29 is 24.5 Å². The van der Waals surface area contributed by atoms with E-state index in [1.807, 2.05) is 6.92 Å². The van der Waals surface area contributed by atoms with E-state index < -0.39 is 5.97 Å². The van der Waals surface area contributed by atoms with Crippen LogP contribution in [0.15, 0.2) is 18.2 Å². The van der Waals surface area contributed by atoms with Gasteiger partial charge in [-0.1, -0.05) is 12.1 Å². The predicted octanol–water partition coefficient (Wildman–Crippen LogP) is 1.32. The molecule has 6 heteroatoms. The quantitative estimate of drug-likeness (QED) is 0.711. The van der Waals surface area contributed by atoms with Gasteiger partial charge in [0.1, 0.15) is 0 Å². The molecule has 0 spiro atoms. The number of phenols is 1. The number of rotatable bonds is 9. The van der Waals surface area contributed by atoms with E-state index in [-0.39, 0.29) is 12.3 Å². The normalized spacial score (nSPS) is 10.8. The maximum atomic E-state index is 10.8. The number of benzene rings is 1. The summed E-state index contributed by atoms with van der Waals surface area (Å²) in [6, 6.07) is 5.20. The number of ether oxygens (including phenoxy) is 2. The molecular formula is C14H21NO5. The zero-order chi connectivity index (χ0) is 15.0. The van der Waals surface area contributed by atoms with Crippen LogP contribution < -0.4 is 4.74 Å². The van der Waals surface area contributed by atoms with E-state index in [1.54, 1.807) is 30.2 Å². The number of aliphatic carboxylic acids is 1. The van der Waals surface area contributed by atoms with Gasteiger partial charge in [-0.25, -0.2) is 0 Å². The first kappa shape index (κ1) is 16.3. The van der Waals surface area contributed by atoms with Crippen molar-refractivity contribution in [2.24, 2.45) is 0 Å². The van der Waals surface area contributed by atoms with Crippen LogP contribution in [0.2, 0.25) is 0 Å². The molecule has 0 aromatic heterocycles. The maximum absolute atomic E-state index is 10.8. The van der Waals surface area contributed by atoms with E-state index in [4.69, 9.17) is 14.6 Å². The van der Waals surface area contributed by atoms with Crippen molar-refractivity contribution >= 4 is 5.97 Å². The van der Waals surface area contributed by atoms with Gasteiger partial charge >= 0.3 is 5.97 Å². The number of para-hydroxylation sites is 1. The highest BCUT2D eigenvalue weighted by Crippen LogP contribution is 2.30. The summed E-state index contributed by atoms with van der Waals surface area (Å²) in [6.07, 6.45) is 0. The molecule has 1 aromatic rings. The highest BCUT2D eigenvalue weighted by Gasteiger charge is 2.14. The second-order valence-corrected chi connectivity index (χ2v) is 4.29. The Morgan fingerprint density at radius 1 is 1.40 bits per heavy atom. The van der Waals surface area contributed by atoms with E-state index in [1.165, 1.54) is 0 Å². The van der Waals surface area contributed by atoms with Crippen molar-refractivity contribution in [2.75, 3.05) is 33.4 Å². The number of phenolic OH excluding ortho intramolecular Hbond substituents is 1. The van der Waals surface area contributed by atoms with Crippen LogP contribution in [0.1, 0.15) is 12.5 Å². The van der Waals surface area contributed by atoms with Crippen LogP contribution in [0.3, 0.4) is 0 Å². The molecule has 0 aliphatic carbocycles. The van der Waals surface area contributed by atoms with E-state index >= 15 is 0 Å². The maximum Gasteiger partial charge on any atom is 0.317 e. The minimum atomic E-state index is -0.915. The van der Waals surface area contributed by atoms with Crippen LogP contribution in [-0.2, 0) is 16.1 Å². The molecule has 20 heavy (non-hydrogen) atoms. The van der Waals surface area contributed by atoms with Gasteiger partial charge in [0.25, 0.3) is 0 Å². The number of carboxylic acid groups (broad SMARTS) is 1. The Labute approximate surface area is 118 Å². The number of aromatic hydroxyl groups is 1. The lowest BCUT2D eigenvalue weighted by Crippen LogP contribution is -2.32. The minimum Gasteiger partial charge on any atom is -0.504 e. The molecule has 0 atom stereocenters. The van der Waals surface area contributed by atoms with Crippen LogP contribution in [0.25, 0.3) is 0 Å². The molecule has 112 valence electrons. The van der Waals surface area contributed by atoms with Gasteiger partial charge in [0, 0.05) is 25.8 Å². The summed E-state index contributed by atoms with van der Waals surface area (Å²) in [6.45, 7) is 3.41. The van der Waals surface area contributed by atoms with Crippen LogP contribution in [0.5, 0.6) is 11.5 Å². The molecule has 2 N–H and O–H groups in total. The molecule has 0 aliphatic rings. The largest absolute Gasteiger partial charge is 0.504 e. The molecule has 0 heterocycles. The van der Waals surface area contributed by atoms with E-state index in [0.29, 0.717) is 37.6 Å². The van der Waals surface area contributed by atoms with Crippen molar-refractivity contribution in [3.8, 4) is 11.5 Å². The van der Waals surface area contributed by atoms with Gasteiger partial charge < -0.3 is 19.7 Å². The van der Waals surface area contributed by atoms with Crippen molar-refractivity contribution in [3.05, 3.63) is 23.8 Å². The fraction of sp³-hybridized carbons (Fsp3) is 0.500. The van der Waals surface area contributed by atoms with Crippen LogP contribution in [0, 0.1) is 0 Å². The molecule has 1 aromatic carbocycles. The van der Waals surface area contributed by atoms with Gasteiger partial charge in [0.15, 0.2) is 11.5 Å². The number of carboxylic acids is 1. The van der Waals surface area contributed by atoms with Crippen molar-refractivity contribution in [1.29, 1.82) is 0 Å². The third-order valence-corrected chi connectivity index (χ3v) is 2.75. The summed E-state index contributed by atoms with van der Waals surface area (Å²) in [5.41, 5.74) is 0.633. The van der Waals surface area contributed by atoms with Crippen molar-refractivity contribution in [3.63, 3.8) is 0 Å². The van der Waals surface area contributed by atoms with E-state index in [0.717, 1.165) is 0 Å². The number of nitrogens with zero attached hydrogens (tertiary/aromatic N) is 1. The lowest BCUT2D eigenvalue weighted by Gasteiger charge is -2.21. The predicted molar refractivity (Wildman–Crippen MR) is 74.1 cm³/mol. The Morgan fingerprint density at radius 3 is 2.75 bits per heavy atom. The Hall–Kier alpha value is -1.79. The van der Waals surface area contributed by atoms with Gasteiger partial charge in [-0.15, -0.1) is 0 Å². The van der Waals surface area contributed by atoms with Crippen molar-refractivity contribution in [1.82, 2.24) is 4.90 Å². The molecule has 0 radical (unpaired) electrons. The lowest BCUT2D eigenvalue weighted by molar-refractivity contribution is -0.138. The highest BCUT2D eigenvalue weighted by atomic mass is 16.5. The van der Waals surface area contributed by atoms with Crippen molar-refractivity contribution in [2.45, 2.75) is 13.5 Å². The van der Waals surface area contributed by atoms with Gasteiger partial charge in [0.05, 0.1) is 19.8 Å². The fourth-order valence-corrected chi connectivity index (χ4v) is 1.83. The summed E-state index contributed by atoms with van der Waals surface area (Å²) < 4.78 is 10.3. The Bertz CT molecular complexity index is 436. The molecule has 0 unspecified atom stereocenters. The average molecular weight is 283 g/mol. The third kappa shape index (κ3) is 5.07. The summed E-state index contributed by atoms with van der Waals surface area (Å²) in [5, 5.41) is 19.0. The third-order valence-electron chi connectivity index (χ3n) is 2.75. The molecular weight excluding hydrogens is 262 g/mol. The molecule has 0 saturated carbocycles. The molecule has 0 bridgehead atoms. The molecule has 1 rings (SSSR count). The Morgan fingerprint density at radius 2 is 2.15 bits per heavy atom. The summed E-state index contributed by atoms with van der Waals surface area (Å²) in [4.78, 5) is 12.5. The SMILES string of the molecule is CCOc1cccc(CN(CCOC)CC(=O)O)c1O. The summed E-state index contributed by atoms with van der Waals surface area (Å²) >= 11 is 0. The smallest absolute Gasteiger partial charge is 0.317 e. The number of carbonyl (C=O) groups is 1. The molecule has 6 nitrogen and oxygen atoms in total. The van der Waals surface area contributed by atoms with Crippen LogP contribution >= 0.6 is 0 Å². The monoisotopic (exact) mass is 283 g/mol. The summed E-state index contributed by atoms with van der Waals surface area (Å²) in [7, 11) is 1.56. The number of hydrogen-bond acceptors (Lipinski definition) is 5. The second kappa shape index (κ2) is 8.39. The first-order chi connectivity index (χ1) is 9.58. The zero-order valence-electron chi connectivity index (χ0n) is 11.8. The second-order valence-electron chi connectivity index (χ2n) is 4.29. The molecule has 0 fully saturated rings. The van der Waals surface area contributed by atoms with E-state index in [9.17, 15) is 9.90 Å². The highest BCUT2D eigenvalue weighted by molar-refractivity contribution is 5.69. The van der Waals surface area contributed by atoms with Gasteiger partial charge in [-0.05, 0) is 13.0 Å². The zero-order valence-corrected chi connectivity index (χ0v) is 11.8. The molecule has 0 saturated heterocycles. The Balaban J connectivity index is 2.81. The summed E-state index contributed by atoms with van der Waals surface area (Å²) in [5.74, 6) is -0.448. The standard InChI is InChI=1S/C14H21NO5/c1-3-20-12-6-4-5-11(14(12)18)9-15(7-8-19-2)10-13(16)17/h4-6,18H,3,7-10H2,1-2H3,(H,16,17). The Kier molecular flexibility index (Phi) is 6.83. The fourth-order valence-electron chi connectivity index (χ4n) is 1.83. The number of methoxy groups -OCH3 is 1. The van der Waals surface area contributed by atoms with Crippen LogP contribution in [0.4, 0.5) is 0 Å². The lowest BCUT2D eigenvalue weighted by atomic mass is 10.1. The van der Waals surface area contributed by atoms with E-state index in [2.05, 4.69) is 0 Å². The van der Waals surface area contributed by atoms with Crippen LogP contribution in [-0.4, -0.2) is 54.5 Å². The molecule has 0 aliphatic heterocycles. The number of hydrogen-bond donors (Lipinski definition) is 2. The first-order valence-corrected chi connectivity index (χ1v) is 6.45. The van der Waals surface area contributed by atoms with Gasteiger partial charge in [-0.3, -0.25) is 9.69 Å². The average Bonchev–Trinajstić information content (AvgIpc) is 2.40. The van der Waals surface area contributed by atoms with Gasteiger partial charge in [-0.2, -0.15) is 0 Å². The minimum absolute atomic E-state index is 0.0576. The van der Waals surface area contributed by atoms with Gasteiger partial charge in [0.2, 0.25) is 0 Å².